The average Bonchev–Trinajstić information content (AvgIpc) is 3.27. The number of carbonyl (C=O) groups excluding carboxylic acids is 1. The highest BCUT2D eigenvalue weighted by atomic mass is 16.5. The van der Waals surface area contributed by atoms with Crippen LogP contribution in [0.25, 0.3) is 11.1 Å². The minimum Gasteiger partial charge on any atom is -0.480 e. The maximum absolute atomic E-state index is 12.3. The molecule has 8 heteroatoms. The number of aromatic nitrogens is 2. The number of aliphatic carboxylic acids is 1. The second kappa shape index (κ2) is 7.67. The maximum atomic E-state index is 12.3. The van der Waals surface area contributed by atoms with E-state index in [-0.39, 0.29) is 19.1 Å². The van der Waals surface area contributed by atoms with E-state index in [1.165, 1.54) is 17.0 Å². The predicted molar refractivity (Wildman–Crippen MR) is 105 cm³/mol. The Bertz CT molecular complexity index is 1070. The van der Waals surface area contributed by atoms with Crippen LogP contribution >= 0.6 is 0 Å². The van der Waals surface area contributed by atoms with Gasteiger partial charge < -0.3 is 20.1 Å². The summed E-state index contributed by atoms with van der Waals surface area (Å²) in [5.41, 5.74) is 3.88. The van der Waals surface area contributed by atoms with Crippen molar-refractivity contribution in [3.8, 4) is 11.1 Å². The van der Waals surface area contributed by atoms with Crippen molar-refractivity contribution >= 4 is 12.1 Å². The molecule has 0 saturated carbocycles. The third-order valence-corrected chi connectivity index (χ3v) is 5.04. The molecule has 8 nitrogen and oxygen atoms in total. The summed E-state index contributed by atoms with van der Waals surface area (Å²) in [5, 5.41) is 11.7. The number of carboxylic acids is 1. The predicted octanol–water partition coefficient (Wildman–Crippen LogP) is 2.17. The van der Waals surface area contributed by atoms with Gasteiger partial charge in [-0.3, -0.25) is 4.57 Å². The molecule has 4 rings (SSSR count). The molecule has 0 fully saturated rings. The molecule has 1 aliphatic rings. The number of alkyl carbamates (subject to hydrolysis) is 1. The van der Waals surface area contributed by atoms with Gasteiger partial charge in [0.1, 0.15) is 12.6 Å². The molecule has 1 unspecified atom stereocenters. The third-order valence-electron chi connectivity index (χ3n) is 5.04. The Morgan fingerprint density at radius 2 is 1.72 bits per heavy atom. The first-order valence-electron chi connectivity index (χ1n) is 9.12. The number of rotatable bonds is 6. The number of fused-ring (bicyclic) bond motifs is 3. The van der Waals surface area contributed by atoms with E-state index in [1.54, 1.807) is 0 Å². The Morgan fingerprint density at radius 1 is 1.10 bits per heavy atom. The fourth-order valence-corrected chi connectivity index (χ4v) is 3.66. The molecule has 0 aliphatic heterocycles. The molecule has 29 heavy (non-hydrogen) atoms. The van der Waals surface area contributed by atoms with Crippen LogP contribution in [0.3, 0.4) is 0 Å². The van der Waals surface area contributed by atoms with Crippen LogP contribution in [0.15, 0.2) is 65.7 Å². The van der Waals surface area contributed by atoms with Gasteiger partial charge in [-0.25, -0.2) is 14.4 Å². The standard InChI is InChI=1S/C21H19N3O5/c25-19(26)18(11-24-10-9-22-20(24)27)23-21(28)29-12-17-15-7-3-1-5-13(15)14-6-2-4-8-16(14)17/h1-10,17-18H,11-12H2,(H,22,27)(H,23,28)(H,25,26). The van der Waals surface area contributed by atoms with E-state index < -0.39 is 23.8 Å². The Kier molecular flexibility index (Phi) is 4.90. The Morgan fingerprint density at radius 3 is 2.28 bits per heavy atom. The fraction of sp³-hybridized carbons (Fsp3) is 0.190. The summed E-state index contributed by atoms with van der Waals surface area (Å²) in [7, 11) is 0. The number of aromatic amines is 1. The van der Waals surface area contributed by atoms with E-state index >= 15 is 0 Å². The molecule has 2 aromatic carbocycles. The maximum Gasteiger partial charge on any atom is 0.407 e. The van der Waals surface area contributed by atoms with Crippen LogP contribution in [0.2, 0.25) is 0 Å². The van der Waals surface area contributed by atoms with Crippen molar-refractivity contribution in [2.75, 3.05) is 6.61 Å². The average molecular weight is 393 g/mol. The molecular weight excluding hydrogens is 374 g/mol. The van der Waals surface area contributed by atoms with Gasteiger partial charge in [-0.05, 0) is 22.3 Å². The van der Waals surface area contributed by atoms with Crippen molar-refractivity contribution in [3.05, 3.63) is 82.5 Å². The van der Waals surface area contributed by atoms with Gasteiger partial charge in [-0.1, -0.05) is 48.5 Å². The van der Waals surface area contributed by atoms with Gasteiger partial charge in [0.15, 0.2) is 0 Å². The first kappa shape index (κ1) is 18.5. The van der Waals surface area contributed by atoms with Crippen molar-refractivity contribution in [1.29, 1.82) is 0 Å². The van der Waals surface area contributed by atoms with Crippen LogP contribution in [0.1, 0.15) is 17.0 Å². The molecule has 3 aromatic rings. The van der Waals surface area contributed by atoms with E-state index in [0.29, 0.717) is 0 Å². The first-order chi connectivity index (χ1) is 14.0. The largest absolute Gasteiger partial charge is 0.480 e. The minimum atomic E-state index is -1.29. The zero-order chi connectivity index (χ0) is 20.4. The van der Waals surface area contributed by atoms with Gasteiger partial charge in [-0.2, -0.15) is 0 Å². The topological polar surface area (TPSA) is 113 Å². The number of amides is 1. The van der Waals surface area contributed by atoms with E-state index in [9.17, 15) is 19.5 Å². The molecule has 3 N–H and O–H groups in total. The lowest BCUT2D eigenvalue weighted by Gasteiger charge is -2.17. The Hall–Kier alpha value is -3.81. The monoisotopic (exact) mass is 393 g/mol. The Labute approximate surface area is 165 Å². The molecular formula is C21H19N3O5. The summed E-state index contributed by atoms with van der Waals surface area (Å²) < 4.78 is 6.53. The van der Waals surface area contributed by atoms with Crippen LogP contribution < -0.4 is 11.0 Å². The van der Waals surface area contributed by atoms with Gasteiger partial charge in [0, 0.05) is 18.3 Å². The molecule has 0 bridgehead atoms. The molecule has 1 heterocycles. The highest BCUT2D eigenvalue weighted by Crippen LogP contribution is 2.44. The molecule has 0 saturated heterocycles. The summed E-state index contributed by atoms with van der Waals surface area (Å²) in [5.74, 6) is -1.38. The van der Waals surface area contributed by atoms with Crippen LogP contribution in [0, 0.1) is 0 Å². The number of carbonyl (C=O) groups is 2. The third kappa shape index (κ3) is 3.64. The zero-order valence-electron chi connectivity index (χ0n) is 15.4. The van der Waals surface area contributed by atoms with Crippen molar-refractivity contribution in [2.24, 2.45) is 0 Å². The molecule has 1 atom stereocenters. The second-order valence-corrected chi connectivity index (χ2v) is 6.78. The molecule has 1 aliphatic carbocycles. The summed E-state index contributed by atoms with van der Waals surface area (Å²) in [6.45, 7) is -0.127. The number of hydrogen-bond acceptors (Lipinski definition) is 4. The number of imidazole rings is 1. The molecule has 1 amide bonds. The fourth-order valence-electron chi connectivity index (χ4n) is 3.66. The molecule has 0 spiro atoms. The van der Waals surface area contributed by atoms with Crippen molar-refractivity contribution < 1.29 is 19.4 Å². The van der Waals surface area contributed by atoms with Gasteiger partial charge in [0.25, 0.3) is 0 Å². The van der Waals surface area contributed by atoms with Crippen LogP contribution in [-0.2, 0) is 16.1 Å². The van der Waals surface area contributed by atoms with Crippen molar-refractivity contribution in [1.82, 2.24) is 14.9 Å². The van der Waals surface area contributed by atoms with E-state index in [0.717, 1.165) is 22.3 Å². The summed E-state index contributed by atoms with van der Waals surface area (Å²) >= 11 is 0. The van der Waals surface area contributed by atoms with E-state index in [4.69, 9.17) is 4.74 Å². The Balaban J connectivity index is 1.45. The van der Waals surface area contributed by atoms with Crippen molar-refractivity contribution in [3.63, 3.8) is 0 Å². The van der Waals surface area contributed by atoms with E-state index in [1.807, 2.05) is 48.5 Å². The lowest BCUT2D eigenvalue weighted by molar-refractivity contribution is -0.139. The highest BCUT2D eigenvalue weighted by molar-refractivity contribution is 5.81. The smallest absolute Gasteiger partial charge is 0.407 e. The second-order valence-electron chi connectivity index (χ2n) is 6.78. The summed E-state index contributed by atoms with van der Waals surface area (Å²) in [4.78, 5) is 37.7. The minimum absolute atomic E-state index is 0.0797. The normalized spacial score (nSPS) is 13.4. The SMILES string of the molecule is O=C(NC(Cn1cc[nH]c1=O)C(=O)O)OCC1c2ccccc2-c2ccccc21. The van der Waals surface area contributed by atoms with E-state index in [2.05, 4.69) is 10.3 Å². The van der Waals surface area contributed by atoms with Gasteiger partial charge >= 0.3 is 17.8 Å². The first-order valence-corrected chi connectivity index (χ1v) is 9.12. The highest BCUT2D eigenvalue weighted by Gasteiger charge is 2.29. The van der Waals surface area contributed by atoms with Gasteiger partial charge in [-0.15, -0.1) is 0 Å². The lowest BCUT2D eigenvalue weighted by atomic mass is 9.98. The van der Waals surface area contributed by atoms with Crippen LogP contribution in [-0.4, -0.2) is 39.4 Å². The summed E-state index contributed by atoms with van der Waals surface area (Å²) in [6.07, 6.45) is 1.97. The number of ether oxygens (including phenoxy) is 1. The van der Waals surface area contributed by atoms with Gasteiger partial charge in [0.2, 0.25) is 0 Å². The quantitative estimate of drug-likeness (QED) is 0.594. The number of carboxylic acid groups (broad SMARTS) is 1. The molecule has 0 radical (unpaired) electrons. The zero-order valence-corrected chi connectivity index (χ0v) is 15.4. The number of hydrogen-bond donors (Lipinski definition) is 3. The number of benzene rings is 2. The van der Waals surface area contributed by atoms with Crippen LogP contribution in [0.4, 0.5) is 4.79 Å². The number of nitrogens with zero attached hydrogens (tertiary/aromatic N) is 1. The number of nitrogens with one attached hydrogen (secondary N) is 2. The molecule has 148 valence electrons. The van der Waals surface area contributed by atoms with Crippen molar-refractivity contribution in [2.45, 2.75) is 18.5 Å². The summed E-state index contributed by atoms with van der Waals surface area (Å²) in [6, 6.07) is 14.6. The lowest BCUT2D eigenvalue weighted by Crippen LogP contribution is -2.45. The van der Waals surface area contributed by atoms with Gasteiger partial charge in [0.05, 0.1) is 6.54 Å². The molecule has 1 aromatic heterocycles. The van der Waals surface area contributed by atoms with Crippen LogP contribution in [0.5, 0.6) is 0 Å². The number of H-pyrrole nitrogens is 1.